The minimum absolute atomic E-state index is 0.132. The molecule has 4 unspecified atom stereocenters. The van der Waals surface area contributed by atoms with Crippen LogP contribution in [0.1, 0.15) is 36.2 Å². The number of aliphatic hydroxyl groups excluding tert-OH is 2. The third-order valence-corrected chi connectivity index (χ3v) is 4.36. The lowest BCUT2D eigenvalue weighted by molar-refractivity contribution is -0.130. The highest BCUT2D eigenvalue weighted by molar-refractivity contribution is 5.98. The van der Waals surface area contributed by atoms with Crippen molar-refractivity contribution in [2.75, 3.05) is 5.73 Å². The lowest BCUT2D eigenvalue weighted by atomic mass is 9.99. The van der Waals surface area contributed by atoms with Crippen molar-refractivity contribution >= 4 is 23.5 Å². The second kappa shape index (κ2) is 8.32. The molecule has 8 heteroatoms. The zero-order valence-corrected chi connectivity index (χ0v) is 14.9. The zero-order valence-electron chi connectivity index (χ0n) is 14.9. The minimum Gasteiger partial charge on any atom is -0.507 e. The number of ether oxygens (including phenoxy) is 1. The first-order chi connectivity index (χ1) is 12.6. The Morgan fingerprint density at radius 1 is 1.22 bits per heavy atom. The Hall–Kier alpha value is -2.71. The van der Waals surface area contributed by atoms with E-state index in [-0.39, 0.29) is 29.0 Å². The molecule has 0 saturated heterocycles. The number of phenolic OH excluding ortho intramolecular Hbond substituents is 1. The molecule has 0 spiro atoms. The van der Waals surface area contributed by atoms with Gasteiger partial charge in [-0.1, -0.05) is 19.1 Å². The molecule has 0 amide bonds. The molecule has 27 heavy (non-hydrogen) atoms. The number of hydrogen-bond donors (Lipinski definition) is 4. The molecule has 1 aromatic carbocycles. The van der Waals surface area contributed by atoms with Crippen LogP contribution in [0.15, 0.2) is 30.1 Å². The summed E-state index contributed by atoms with van der Waals surface area (Å²) in [5, 5.41) is 29.9. The summed E-state index contributed by atoms with van der Waals surface area (Å²) in [4.78, 5) is 24.4. The Morgan fingerprint density at radius 3 is 2.56 bits per heavy atom. The number of nitrogen functional groups attached to an aromatic ring is 1. The molecular formula is C19H22FNO6. The van der Waals surface area contributed by atoms with E-state index in [0.717, 1.165) is 6.08 Å². The number of ketones is 1. The van der Waals surface area contributed by atoms with Gasteiger partial charge < -0.3 is 25.8 Å². The number of fused-ring (bicyclic) bond motifs is 1. The fourth-order valence-electron chi connectivity index (χ4n) is 2.59. The highest BCUT2D eigenvalue weighted by Crippen LogP contribution is 2.28. The van der Waals surface area contributed by atoms with Crippen LogP contribution in [0.3, 0.4) is 0 Å². The van der Waals surface area contributed by atoms with Gasteiger partial charge in [-0.15, -0.1) is 0 Å². The molecule has 0 bridgehead atoms. The molecule has 1 heterocycles. The average Bonchev–Trinajstić information content (AvgIpc) is 2.58. The van der Waals surface area contributed by atoms with Crippen LogP contribution in [0.2, 0.25) is 0 Å². The first-order valence-electron chi connectivity index (χ1n) is 8.39. The predicted octanol–water partition coefficient (Wildman–Crippen LogP) is 1.72. The number of Topliss-reactive ketones (excluding diaryl/α,β-unsaturated/α-hetero) is 1. The summed E-state index contributed by atoms with van der Waals surface area (Å²) in [7, 11) is 0. The summed E-state index contributed by atoms with van der Waals surface area (Å²) >= 11 is 0. The molecule has 146 valence electrons. The van der Waals surface area contributed by atoms with E-state index in [2.05, 4.69) is 0 Å². The summed E-state index contributed by atoms with van der Waals surface area (Å²) in [6.07, 6.45) is -0.848. The SMILES string of the molecule is CC1/C=C(/F)C(=O)C(O)C(O)C/C=C/c2cc(N)cc(O)c2C(=O)OC1C. The van der Waals surface area contributed by atoms with Gasteiger partial charge in [-0.05, 0) is 31.1 Å². The van der Waals surface area contributed by atoms with Gasteiger partial charge in [-0.2, -0.15) is 0 Å². The van der Waals surface area contributed by atoms with Crippen LogP contribution in [0.4, 0.5) is 10.1 Å². The molecule has 4 atom stereocenters. The topological polar surface area (TPSA) is 130 Å². The number of aromatic hydroxyl groups is 1. The van der Waals surface area contributed by atoms with E-state index in [1.165, 1.54) is 38.1 Å². The Morgan fingerprint density at radius 2 is 1.89 bits per heavy atom. The van der Waals surface area contributed by atoms with Gasteiger partial charge in [0.25, 0.3) is 0 Å². The lowest BCUT2D eigenvalue weighted by Crippen LogP contribution is -2.34. The van der Waals surface area contributed by atoms with E-state index in [0.29, 0.717) is 0 Å². The fraction of sp³-hybridized carbons (Fsp3) is 0.368. The Labute approximate surface area is 155 Å². The van der Waals surface area contributed by atoms with Crippen molar-refractivity contribution in [2.24, 2.45) is 5.92 Å². The van der Waals surface area contributed by atoms with Gasteiger partial charge in [0.1, 0.15) is 23.5 Å². The first-order valence-corrected chi connectivity index (χ1v) is 8.39. The molecule has 1 aliphatic heterocycles. The quantitative estimate of drug-likeness (QED) is 0.399. The highest BCUT2D eigenvalue weighted by Gasteiger charge is 2.29. The number of carbonyl (C=O) groups excluding carboxylic acids is 2. The molecule has 0 aliphatic carbocycles. The summed E-state index contributed by atoms with van der Waals surface area (Å²) in [5.41, 5.74) is 6.00. The van der Waals surface area contributed by atoms with E-state index in [4.69, 9.17) is 10.5 Å². The van der Waals surface area contributed by atoms with E-state index in [9.17, 15) is 29.3 Å². The Kier molecular flexibility index (Phi) is 6.35. The molecular weight excluding hydrogens is 357 g/mol. The van der Waals surface area contributed by atoms with E-state index in [1.54, 1.807) is 0 Å². The van der Waals surface area contributed by atoms with E-state index < -0.39 is 41.8 Å². The van der Waals surface area contributed by atoms with Crippen LogP contribution < -0.4 is 5.73 Å². The summed E-state index contributed by atoms with van der Waals surface area (Å²) in [6, 6.07) is 2.63. The number of anilines is 1. The van der Waals surface area contributed by atoms with E-state index in [1.807, 2.05) is 0 Å². The molecule has 5 N–H and O–H groups in total. The molecule has 0 radical (unpaired) electrons. The molecule has 1 aliphatic rings. The van der Waals surface area contributed by atoms with Crippen molar-refractivity contribution in [1.29, 1.82) is 0 Å². The maximum Gasteiger partial charge on any atom is 0.342 e. The third-order valence-electron chi connectivity index (χ3n) is 4.36. The standard InChI is InChI=1S/C19H22FNO6/c1-9-6-13(20)17(24)18(25)14(22)5-3-4-11-7-12(21)8-15(23)16(11)19(26)27-10(9)2/h3-4,6-10,14,18,22-23,25H,5,21H2,1-2H3/b4-3+,13-6+. The van der Waals surface area contributed by atoms with Crippen molar-refractivity contribution in [3.05, 3.63) is 41.2 Å². The maximum atomic E-state index is 14.1. The largest absolute Gasteiger partial charge is 0.507 e. The second-order valence-corrected chi connectivity index (χ2v) is 6.50. The van der Waals surface area contributed by atoms with Gasteiger partial charge in [0, 0.05) is 17.7 Å². The Balaban J connectivity index is 2.52. The van der Waals surface area contributed by atoms with Gasteiger partial charge in [-0.3, -0.25) is 4.79 Å². The first kappa shape index (κ1) is 20.6. The van der Waals surface area contributed by atoms with Gasteiger partial charge in [0.15, 0.2) is 5.83 Å². The number of hydrogen-bond acceptors (Lipinski definition) is 7. The van der Waals surface area contributed by atoms with Crippen LogP contribution >= 0.6 is 0 Å². The number of rotatable bonds is 0. The molecule has 1 aromatic rings. The lowest BCUT2D eigenvalue weighted by Gasteiger charge is -2.20. The van der Waals surface area contributed by atoms with Gasteiger partial charge >= 0.3 is 5.97 Å². The van der Waals surface area contributed by atoms with E-state index >= 15 is 0 Å². The molecule has 0 saturated carbocycles. The number of benzene rings is 1. The molecule has 0 aromatic heterocycles. The second-order valence-electron chi connectivity index (χ2n) is 6.50. The average molecular weight is 379 g/mol. The fourth-order valence-corrected chi connectivity index (χ4v) is 2.59. The summed E-state index contributed by atoms with van der Waals surface area (Å²) < 4.78 is 19.3. The van der Waals surface area contributed by atoms with Crippen LogP contribution in [0, 0.1) is 5.92 Å². The number of halogens is 1. The van der Waals surface area contributed by atoms with Crippen LogP contribution in [0.25, 0.3) is 6.08 Å². The van der Waals surface area contributed by atoms with Crippen LogP contribution in [0.5, 0.6) is 5.75 Å². The van der Waals surface area contributed by atoms with Gasteiger partial charge in [0.05, 0.1) is 6.10 Å². The predicted molar refractivity (Wildman–Crippen MR) is 96.4 cm³/mol. The van der Waals surface area contributed by atoms with Gasteiger partial charge in [-0.25, -0.2) is 9.18 Å². The smallest absolute Gasteiger partial charge is 0.342 e. The number of phenols is 1. The molecule has 2 rings (SSSR count). The van der Waals surface area contributed by atoms with Crippen molar-refractivity contribution in [3.63, 3.8) is 0 Å². The third kappa shape index (κ3) is 4.72. The number of cyclic esters (lactones) is 1. The molecule has 7 nitrogen and oxygen atoms in total. The Bertz CT molecular complexity index is 804. The van der Waals surface area contributed by atoms with Crippen molar-refractivity contribution < 1.29 is 34.0 Å². The van der Waals surface area contributed by atoms with Crippen molar-refractivity contribution in [1.82, 2.24) is 0 Å². The number of carbonyl (C=O) groups is 2. The maximum absolute atomic E-state index is 14.1. The minimum atomic E-state index is -1.94. The summed E-state index contributed by atoms with van der Waals surface area (Å²) in [6.45, 7) is 3.01. The normalized spacial score (nSPS) is 30.5. The number of nitrogens with two attached hydrogens (primary N) is 1. The summed E-state index contributed by atoms with van der Waals surface area (Å²) in [5.74, 6) is -4.41. The highest BCUT2D eigenvalue weighted by atomic mass is 19.1. The monoisotopic (exact) mass is 379 g/mol. The molecule has 0 fully saturated rings. The van der Waals surface area contributed by atoms with Gasteiger partial charge in [0.2, 0.25) is 5.78 Å². The number of esters is 1. The van der Waals surface area contributed by atoms with Crippen molar-refractivity contribution in [2.45, 2.75) is 38.6 Å². The zero-order chi connectivity index (χ0) is 20.3. The number of aliphatic hydroxyl groups is 2. The van der Waals surface area contributed by atoms with Crippen LogP contribution in [-0.4, -0.2) is 45.4 Å². The van der Waals surface area contributed by atoms with Crippen LogP contribution in [-0.2, 0) is 9.53 Å². The van der Waals surface area contributed by atoms with Crippen molar-refractivity contribution in [3.8, 4) is 5.75 Å².